The van der Waals surface area contributed by atoms with E-state index in [1.807, 2.05) is 18.2 Å². The molecule has 0 spiro atoms. The molecule has 0 amide bonds. The minimum Gasteiger partial charge on any atom is -0.487 e. The average molecular weight is 298 g/mol. The molecule has 2 atom stereocenters. The molecule has 1 aromatic carbocycles. The molecule has 1 aliphatic carbocycles. The molecule has 3 heteroatoms. The molecule has 1 aromatic rings. The maximum atomic E-state index is 6.09. The Bertz CT molecular complexity index is 364. The number of rotatable bonds is 2. The Labute approximate surface area is 112 Å². The fourth-order valence-electron chi connectivity index (χ4n) is 2.79. The number of hydrogen-bond donors (Lipinski definition) is 1. The van der Waals surface area contributed by atoms with Crippen molar-refractivity contribution in [1.29, 1.82) is 0 Å². The first kappa shape index (κ1) is 12.7. The molecule has 0 heterocycles. The molecule has 1 aliphatic rings. The van der Waals surface area contributed by atoms with Crippen LogP contribution in [-0.4, -0.2) is 6.10 Å². The van der Waals surface area contributed by atoms with Gasteiger partial charge in [-0.15, -0.1) is 0 Å². The van der Waals surface area contributed by atoms with Gasteiger partial charge in [0.1, 0.15) is 0 Å². The number of nitrogen functional groups attached to an aromatic ring is 1. The Kier molecular flexibility index (Phi) is 3.97. The van der Waals surface area contributed by atoms with E-state index < -0.39 is 0 Å². The lowest BCUT2D eigenvalue weighted by atomic mass is 9.82. The molecule has 94 valence electrons. The van der Waals surface area contributed by atoms with Crippen molar-refractivity contribution >= 4 is 21.6 Å². The number of para-hydroxylation sites is 1. The topological polar surface area (TPSA) is 35.2 Å². The Balaban J connectivity index is 2.10. The second-order valence-corrected chi connectivity index (χ2v) is 6.17. The third kappa shape index (κ3) is 3.15. The highest BCUT2D eigenvalue weighted by molar-refractivity contribution is 9.10. The first-order valence-electron chi connectivity index (χ1n) is 6.27. The molecule has 2 rings (SSSR count). The summed E-state index contributed by atoms with van der Waals surface area (Å²) in [7, 11) is 0. The van der Waals surface area contributed by atoms with E-state index in [9.17, 15) is 0 Å². The van der Waals surface area contributed by atoms with Gasteiger partial charge >= 0.3 is 0 Å². The zero-order valence-corrected chi connectivity index (χ0v) is 12.0. The van der Waals surface area contributed by atoms with Crippen molar-refractivity contribution in [3.63, 3.8) is 0 Å². The van der Waals surface area contributed by atoms with E-state index >= 15 is 0 Å². The Hall–Kier alpha value is -0.700. The van der Waals surface area contributed by atoms with Gasteiger partial charge < -0.3 is 10.5 Å². The van der Waals surface area contributed by atoms with Crippen LogP contribution in [0.1, 0.15) is 33.1 Å². The zero-order chi connectivity index (χ0) is 12.4. The van der Waals surface area contributed by atoms with Crippen LogP contribution in [0.15, 0.2) is 22.7 Å². The molecular formula is C14H20BrNO. The zero-order valence-electron chi connectivity index (χ0n) is 10.4. The molecule has 2 N–H and O–H groups in total. The number of benzene rings is 1. The van der Waals surface area contributed by atoms with Gasteiger partial charge in [0, 0.05) is 0 Å². The molecule has 0 saturated heterocycles. The van der Waals surface area contributed by atoms with E-state index in [0.29, 0.717) is 11.8 Å². The van der Waals surface area contributed by atoms with Crippen molar-refractivity contribution in [3.05, 3.63) is 22.7 Å². The normalized spacial score (nSPS) is 29.0. The van der Waals surface area contributed by atoms with Crippen molar-refractivity contribution in [2.24, 2.45) is 11.8 Å². The maximum absolute atomic E-state index is 6.09. The lowest BCUT2D eigenvalue weighted by molar-refractivity contribution is 0.101. The van der Waals surface area contributed by atoms with E-state index in [0.717, 1.165) is 34.9 Å². The monoisotopic (exact) mass is 297 g/mol. The number of ether oxygens (including phenoxy) is 1. The summed E-state index contributed by atoms with van der Waals surface area (Å²) in [5.74, 6) is 2.29. The van der Waals surface area contributed by atoms with Gasteiger partial charge in [-0.05, 0) is 59.2 Å². The van der Waals surface area contributed by atoms with Gasteiger partial charge in [0.25, 0.3) is 0 Å². The van der Waals surface area contributed by atoms with Crippen LogP contribution < -0.4 is 10.5 Å². The lowest BCUT2D eigenvalue weighted by Crippen LogP contribution is -2.28. The third-order valence-electron chi connectivity index (χ3n) is 3.42. The average Bonchev–Trinajstić information content (AvgIpc) is 2.22. The maximum Gasteiger partial charge on any atom is 0.156 e. The lowest BCUT2D eigenvalue weighted by Gasteiger charge is -2.32. The standard InChI is InChI=1S/C14H20BrNO/c1-9-6-10(2)8-11(7-9)17-14-12(15)4-3-5-13(14)16/h3-5,9-11H,6-8,16H2,1-2H3. The van der Waals surface area contributed by atoms with Crippen molar-refractivity contribution in [2.75, 3.05) is 5.73 Å². The summed E-state index contributed by atoms with van der Waals surface area (Å²) in [6.07, 6.45) is 3.87. The van der Waals surface area contributed by atoms with E-state index in [4.69, 9.17) is 10.5 Å². The number of hydrogen-bond acceptors (Lipinski definition) is 2. The molecule has 0 aliphatic heterocycles. The quantitative estimate of drug-likeness (QED) is 0.829. The van der Waals surface area contributed by atoms with Crippen LogP contribution in [-0.2, 0) is 0 Å². The predicted molar refractivity (Wildman–Crippen MR) is 75.1 cm³/mol. The first-order chi connectivity index (χ1) is 8.06. The highest BCUT2D eigenvalue weighted by atomic mass is 79.9. The summed E-state index contributed by atoms with van der Waals surface area (Å²) in [5.41, 5.74) is 6.67. The molecule has 1 fully saturated rings. The van der Waals surface area contributed by atoms with Crippen molar-refractivity contribution in [2.45, 2.75) is 39.2 Å². The van der Waals surface area contributed by atoms with Gasteiger partial charge in [0.05, 0.1) is 16.3 Å². The molecule has 0 radical (unpaired) electrons. The van der Waals surface area contributed by atoms with E-state index in [1.165, 1.54) is 6.42 Å². The van der Waals surface area contributed by atoms with E-state index in [2.05, 4.69) is 29.8 Å². The van der Waals surface area contributed by atoms with Crippen LogP contribution in [0, 0.1) is 11.8 Å². The molecule has 2 unspecified atom stereocenters. The van der Waals surface area contributed by atoms with Gasteiger partial charge in [-0.25, -0.2) is 0 Å². The van der Waals surface area contributed by atoms with E-state index in [1.54, 1.807) is 0 Å². The highest BCUT2D eigenvalue weighted by Gasteiger charge is 2.26. The minimum absolute atomic E-state index is 0.301. The van der Waals surface area contributed by atoms with E-state index in [-0.39, 0.29) is 0 Å². The summed E-state index contributed by atoms with van der Waals surface area (Å²) < 4.78 is 7.03. The molecular weight excluding hydrogens is 278 g/mol. The molecule has 1 saturated carbocycles. The largest absolute Gasteiger partial charge is 0.487 e. The Morgan fingerprint density at radius 2 is 1.82 bits per heavy atom. The van der Waals surface area contributed by atoms with Gasteiger partial charge in [-0.2, -0.15) is 0 Å². The van der Waals surface area contributed by atoms with Crippen LogP contribution in [0.3, 0.4) is 0 Å². The molecule has 0 aromatic heterocycles. The number of halogens is 1. The molecule has 2 nitrogen and oxygen atoms in total. The SMILES string of the molecule is CC1CC(C)CC(Oc2c(N)cccc2Br)C1. The van der Waals surface area contributed by atoms with Crippen LogP contribution in [0.2, 0.25) is 0 Å². The highest BCUT2D eigenvalue weighted by Crippen LogP contribution is 2.36. The molecule has 0 bridgehead atoms. The third-order valence-corrected chi connectivity index (χ3v) is 4.04. The molecule has 17 heavy (non-hydrogen) atoms. The number of nitrogens with two attached hydrogens (primary N) is 1. The fourth-order valence-corrected chi connectivity index (χ4v) is 3.26. The second kappa shape index (κ2) is 5.30. The van der Waals surface area contributed by atoms with Gasteiger partial charge in [-0.3, -0.25) is 0 Å². The van der Waals surface area contributed by atoms with Crippen LogP contribution >= 0.6 is 15.9 Å². The predicted octanol–water partition coefficient (Wildman–Crippen LogP) is 4.23. The smallest absolute Gasteiger partial charge is 0.156 e. The van der Waals surface area contributed by atoms with Gasteiger partial charge in [0.15, 0.2) is 5.75 Å². The fraction of sp³-hybridized carbons (Fsp3) is 0.571. The van der Waals surface area contributed by atoms with Gasteiger partial charge in [0.2, 0.25) is 0 Å². The minimum atomic E-state index is 0.301. The Morgan fingerprint density at radius 1 is 1.18 bits per heavy atom. The van der Waals surface area contributed by atoms with Gasteiger partial charge in [-0.1, -0.05) is 19.9 Å². The summed E-state index contributed by atoms with van der Waals surface area (Å²) in [6, 6.07) is 5.79. The number of anilines is 1. The summed E-state index contributed by atoms with van der Waals surface area (Å²) >= 11 is 3.50. The van der Waals surface area contributed by atoms with Crippen molar-refractivity contribution < 1.29 is 4.74 Å². The van der Waals surface area contributed by atoms with Crippen LogP contribution in [0.5, 0.6) is 5.75 Å². The van der Waals surface area contributed by atoms with Crippen molar-refractivity contribution in [1.82, 2.24) is 0 Å². The van der Waals surface area contributed by atoms with Crippen LogP contribution in [0.4, 0.5) is 5.69 Å². The summed E-state index contributed by atoms with van der Waals surface area (Å²) in [6.45, 7) is 4.60. The first-order valence-corrected chi connectivity index (χ1v) is 7.06. The summed E-state index contributed by atoms with van der Waals surface area (Å²) in [5, 5.41) is 0. The Morgan fingerprint density at radius 3 is 2.41 bits per heavy atom. The van der Waals surface area contributed by atoms with Crippen LogP contribution in [0.25, 0.3) is 0 Å². The second-order valence-electron chi connectivity index (χ2n) is 5.32. The van der Waals surface area contributed by atoms with Crippen molar-refractivity contribution in [3.8, 4) is 5.75 Å². The summed E-state index contributed by atoms with van der Waals surface area (Å²) in [4.78, 5) is 0.